The first-order valence-corrected chi connectivity index (χ1v) is 9.32. The number of nitrogens with one attached hydrogen (secondary N) is 2. The Morgan fingerprint density at radius 2 is 2.16 bits per heavy atom. The molecule has 1 aliphatic heterocycles. The minimum atomic E-state index is -0.141. The first-order valence-electron chi connectivity index (χ1n) is 8.44. The Kier molecular flexibility index (Phi) is 6.59. The van der Waals surface area contributed by atoms with Gasteiger partial charge in [-0.3, -0.25) is 4.79 Å². The fraction of sp³-hybridized carbons (Fsp3) is 0.588. The number of carbonyl (C=O) groups excluding carboxylic acids is 1. The third kappa shape index (κ3) is 4.40. The van der Waals surface area contributed by atoms with Crippen LogP contribution in [0.1, 0.15) is 53.8 Å². The SMILES string of the molecule is Cc1c(C(=O)NCC(C)(C)c2cccs2)nnn1C1CCNCC1.Cl. The summed E-state index contributed by atoms with van der Waals surface area (Å²) < 4.78 is 1.92. The molecule has 8 heteroatoms. The van der Waals surface area contributed by atoms with Gasteiger partial charge in [-0.15, -0.1) is 28.8 Å². The van der Waals surface area contributed by atoms with Crippen molar-refractivity contribution in [2.75, 3.05) is 19.6 Å². The summed E-state index contributed by atoms with van der Waals surface area (Å²) in [7, 11) is 0. The van der Waals surface area contributed by atoms with Gasteiger partial charge in [-0.25, -0.2) is 4.68 Å². The summed E-state index contributed by atoms with van der Waals surface area (Å²) in [5.41, 5.74) is 1.20. The van der Waals surface area contributed by atoms with Crippen molar-refractivity contribution in [2.45, 2.75) is 45.1 Å². The van der Waals surface area contributed by atoms with E-state index < -0.39 is 0 Å². The second kappa shape index (κ2) is 8.29. The number of amides is 1. The average molecular weight is 384 g/mol. The molecule has 6 nitrogen and oxygen atoms in total. The molecule has 0 atom stereocenters. The van der Waals surface area contributed by atoms with Gasteiger partial charge in [-0.1, -0.05) is 25.1 Å². The minimum absolute atomic E-state index is 0. The van der Waals surface area contributed by atoms with Gasteiger partial charge in [0.1, 0.15) is 0 Å². The highest BCUT2D eigenvalue weighted by molar-refractivity contribution is 7.10. The van der Waals surface area contributed by atoms with E-state index in [4.69, 9.17) is 0 Å². The van der Waals surface area contributed by atoms with Gasteiger partial charge < -0.3 is 10.6 Å². The summed E-state index contributed by atoms with van der Waals surface area (Å²) in [4.78, 5) is 13.8. The van der Waals surface area contributed by atoms with E-state index in [0.29, 0.717) is 18.3 Å². The number of thiophene rings is 1. The number of hydrogen-bond donors (Lipinski definition) is 2. The lowest BCUT2D eigenvalue weighted by Crippen LogP contribution is -2.36. The third-order valence-corrected chi connectivity index (χ3v) is 5.91. The maximum absolute atomic E-state index is 12.5. The highest BCUT2D eigenvalue weighted by Crippen LogP contribution is 2.27. The van der Waals surface area contributed by atoms with E-state index in [1.54, 1.807) is 11.3 Å². The molecule has 1 aliphatic rings. The van der Waals surface area contributed by atoms with Crippen LogP contribution in [0.15, 0.2) is 17.5 Å². The summed E-state index contributed by atoms with van der Waals surface area (Å²) in [5, 5.41) is 16.8. The predicted molar refractivity (Wildman–Crippen MR) is 103 cm³/mol. The van der Waals surface area contributed by atoms with Gasteiger partial charge in [0, 0.05) is 16.8 Å². The molecule has 138 valence electrons. The van der Waals surface area contributed by atoms with Crippen LogP contribution in [-0.4, -0.2) is 40.5 Å². The number of carbonyl (C=O) groups is 1. The fourth-order valence-corrected chi connectivity index (χ4v) is 3.94. The van der Waals surface area contributed by atoms with E-state index in [2.05, 4.69) is 46.2 Å². The zero-order valence-electron chi connectivity index (χ0n) is 14.9. The second-order valence-electron chi connectivity index (χ2n) is 6.99. The van der Waals surface area contributed by atoms with Gasteiger partial charge in [0.2, 0.25) is 0 Å². The molecule has 3 rings (SSSR count). The Bertz CT molecular complexity index is 692. The number of nitrogens with zero attached hydrogens (tertiary/aromatic N) is 3. The van der Waals surface area contributed by atoms with Crippen LogP contribution in [-0.2, 0) is 5.41 Å². The number of piperidine rings is 1. The molecule has 2 aromatic heterocycles. The fourth-order valence-electron chi connectivity index (χ4n) is 3.08. The van der Waals surface area contributed by atoms with Crippen LogP contribution in [0.3, 0.4) is 0 Å². The maximum atomic E-state index is 12.5. The number of aromatic nitrogens is 3. The molecule has 0 saturated carbocycles. The summed E-state index contributed by atoms with van der Waals surface area (Å²) in [6.45, 7) is 8.75. The van der Waals surface area contributed by atoms with Crippen molar-refractivity contribution in [1.82, 2.24) is 25.6 Å². The lowest BCUT2D eigenvalue weighted by molar-refractivity contribution is 0.0940. The average Bonchev–Trinajstić information content (AvgIpc) is 3.24. The van der Waals surface area contributed by atoms with E-state index in [1.807, 2.05) is 17.7 Å². The first kappa shape index (κ1) is 19.9. The summed E-state index contributed by atoms with van der Waals surface area (Å²) in [6, 6.07) is 4.48. The van der Waals surface area contributed by atoms with Crippen molar-refractivity contribution in [1.29, 1.82) is 0 Å². The van der Waals surface area contributed by atoms with E-state index in [1.165, 1.54) is 4.88 Å². The maximum Gasteiger partial charge on any atom is 0.273 e. The van der Waals surface area contributed by atoms with Gasteiger partial charge in [0.15, 0.2) is 5.69 Å². The molecule has 0 radical (unpaired) electrons. The van der Waals surface area contributed by atoms with Crippen molar-refractivity contribution in [3.05, 3.63) is 33.8 Å². The molecule has 2 N–H and O–H groups in total. The van der Waals surface area contributed by atoms with Crippen LogP contribution in [0.5, 0.6) is 0 Å². The third-order valence-electron chi connectivity index (χ3n) is 4.68. The smallest absolute Gasteiger partial charge is 0.273 e. The van der Waals surface area contributed by atoms with Crippen molar-refractivity contribution in [3.63, 3.8) is 0 Å². The molecule has 0 bridgehead atoms. The van der Waals surface area contributed by atoms with Crippen LogP contribution in [0.2, 0.25) is 0 Å². The van der Waals surface area contributed by atoms with Crippen LogP contribution in [0, 0.1) is 6.92 Å². The molecule has 0 unspecified atom stereocenters. The van der Waals surface area contributed by atoms with Gasteiger partial charge in [-0.2, -0.15) is 0 Å². The number of rotatable bonds is 5. The van der Waals surface area contributed by atoms with Gasteiger partial charge in [0.05, 0.1) is 11.7 Å². The molecular weight excluding hydrogens is 358 g/mol. The Labute approximate surface area is 158 Å². The zero-order valence-corrected chi connectivity index (χ0v) is 16.5. The van der Waals surface area contributed by atoms with Gasteiger partial charge >= 0.3 is 0 Å². The molecule has 2 aromatic rings. The largest absolute Gasteiger partial charge is 0.350 e. The lowest BCUT2D eigenvalue weighted by Gasteiger charge is -2.24. The lowest BCUT2D eigenvalue weighted by atomic mass is 9.91. The van der Waals surface area contributed by atoms with E-state index in [9.17, 15) is 4.79 Å². The number of halogens is 1. The summed E-state index contributed by atoms with van der Waals surface area (Å²) in [5.74, 6) is -0.141. The monoisotopic (exact) mass is 383 g/mol. The van der Waals surface area contributed by atoms with Crippen LogP contribution in [0.25, 0.3) is 0 Å². The minimum Gasteiger partial charge on any atom is -0.350 e. The molecule has 0 spiro atoms. The quantitative estimate of drug-likeness (QED) is 0.832. The topological polar surface area (TPSA) is 71.8 Å². The van der Waals surface area contributed by atoms with Crippen LogP contribution in [0.4, 0.5) is 0 Å². The molecule has 0 aliphatic carbocycles. The van der Waals surface area contributed by atoms with Gasteiger partial charge in [-0.05, 0) is 44.3 Å². The highest BCUT2D eigenvalue weighted by atomic mass is 35.5. The normalized spacial score (nSPS) is 15.6. The Morgan fingerprint density at radius 1 is 1.44 bits per heavy atom. The molecule has 25 heavy (non-hydrogen) atoms. The van der Waals surface area contributed by atoms with E-state index in [-0.39, 0.29) is 23.7 Å². The predicted octanol–water partition coefficient (Wildman–Crippen LogP) is 2.70. The molecule has 0 aromatic carbocycles. The molecule has 1 amide bonds. The highest BCUT2D eigenvalue weighted by Gasteiger charge is 2.26. The molecule has 1 fully saturated rings. The molecular formula is C17H26ClN5OS. The van der Waals surface area contributed by atoms with E-state index >= 15 is 0 Å². The summed E-state index contributed by atoms with van der Waals surface area (Å²) in [6.07, 6.45) is 2.05. The van der Waals surface area contributed by atoms with Crippen molar-refractivity contribution in [3.8, 4) is 0 Å². The standard InChI is InChI=1S/C17H25N5OS.ClH/c1-12-15(20-21-22(12)13-6-8-18-9-7-13)16(23)19-11-17(2,3)14-5-4-10-24-14;/h4-5,10,13,18H,6-9,11H2,1-3H3,(H,19,23);1H. The molecule has 1 saturated heterocycles. The Morgan fingerprint density at radius 3 is 2.80 bits per heavy atom. The van der Waals surface area contributed by atoms with Crippen molar-refractivity contribution < 1.29 is 4.79 Å². The van der Waals surface area contributed by atoms with Crippen molar-refractivity contribution in [2.24, 2.45) is 0 Å². The second-order valence-corrected chi connectivity index (χ2v) is 7.94. The summed E-state index contributed by atoms with van der Waals surface area (Å²) >= 11 is 1.71. The zero-order chi connectivity index (χ0) is 17.2. The van der Waals surface area contributed by atoms with Crippen LogP contribution >= 0.6 is 23.7 Å². The Hall–Kier alpha value is -1.44. The Balaban J connectivity index is 0.00000225. The first-order chi connectivity index (χ1) is 11.5. The number of hydrogen-bond acceptors (Lipinski definition) is 5. The van der Waals surface area contributed by atoms with Crippen LogP contribution < -0.4 is 10.6 Å². The molecule has 3 heterocycles. The van der Waals surface area contributed by atoms with Crippen molar-refractivity contribution >= 4 is 29.7 Å². The van der Waals surface area contributed by atoms with Gasteiger partial charge in [0.25, 0.3) is 5.91 Å². The van der Waals surface area contributed by atoms with E-state index in [0.717, 1.165) is 31.6 Å².